The Labute approximate surface area is 83.5 Å². The predicted molar refractivity (Wildman–Crippen MR) is 55.8 cm³/mol. The molecule has 0 nitrogen and oxygen atoms in total. The molecule has 0 heterocycles. The van der Waals surface area contributed by atoms with Crippen molar-refractivity contribution >= 4 is 61.5 Å². The SMILES string of the molecule is [B][B][B]CC.[I][Rh][I]. The van der Waals surface area contributed by atoms with Gasteiger partial charge in [-0.25, -0.2) is 0 Å². The Morgan fingerprint density at radius 3 is 2.00 bits per heavy atom. The molecule has 0 aliphatic carbocycles. The average Bonchev–Trinajstić information content (AvgIpc) is 1.71. The summed E-state index contributed by atoms with van der Waals surface area (Å²) in [6.45, 7) is 2.04. The molecule has 0 N–H and O–H groups in total. The fourth-order valence-corrected chi connectivity index (χ4v) is 0.136. The van der Waals surface area contributed by atoms with E-state index in [9.17, 15) is 0 Å². The van der Waals surface area contributed by atoms with E-state index < -0.39 is 0 Å². The van der Waals surface area contributed by atoms with Gasteiger partial charge in [0, 0.05) is 14.8 Å². The van der Waals surface area contributed by atoms with Gasteiger partial charge in [0.05, 0.1) is 7.17 Å². The second kappa shape index (κ2) is 16.1. The molecule has 45 valence electrons. The molecule has 0 bridgehead atoms. The van der Waals surface area contributed by atoms with Crippen LogP contribution in [-0.4, -0.2) is 22.0 Å². The van der Waals surface area contributed by atoms with Crippen molar-refractivity contribution in [3.8, 4) is 0 Å². The molecule has 4 radical (unpaired) electrons. The Bertz CT molecular complexity index is 29.2. The van der Waals surface area contributed by atoms with Crippen LogP contribution in [0.4, 0.5) is 0 Å². The molecule has 0 rings (SSSR count). The summed E-state index contributed by atoms with van der Waals surface area (Å²) in [5, 5.41) is 0. The molecule has 6 heteroatoms. The summed E-state index contributed by atoms with van der Waals surface area (Å²) in [5.41, 5.74) is 0. The Hall–Kier alpha value is 2.28. The molecule has 0 unspecified atom stereocenters. The van der Waals surface area contributed by atoms with Crippen molar-refractivity contribution in [2.75, 3.05) is 0 Å². The van der Waals surface area contributed by atoms with Gasteiger partial charge in [-0.1, -0.05) is 13.2 Å². The first kappa shape index (κ1) is 12.9. The minimum absolute atomic E-state index is 0.770. The van der Waals surface area contributed by atoms with Crippen LogP contribution >= 0.6 is 39.5 Å². The summed E-state index contributed by atoms with van der Waals surface area (Å²) in [5.74, 6) is 0. The van der Waals surface area contributed by atoms with Crippen LogP contribution in [0.5, 0.6) is 0 Å². The van der Waals surface area contributed by atoms with Gasteiger partial charge in [0.2, 0.25) is 0 Å². The maximum absolute atomic E-state index is 4.96. The zero-order valence-electron chi connectivity index (χ0n) is 4.53. The quantitative estimate of drug-likeness (QED) is 0.472. The second-order valence-electron chi connectivity index (χ2n) is 0.884. The van der Waals surface area contributed by atoms with Gasteiger partial charge in [0.25, 0.3) is 0 Å². The summed E-state index contributed by atoms with van der Waals surface area (Å²) < 4.78 is 0. The molecule has 0 aromatic heterocycles. The van der Waals surface area contributed by atoms with Gasteiger partial charge in [0.1, 0.15) is 0 Å². The third-order valence-electron chi connectivity index (χ3n) is 0.372. The molecule has 8 heavy (non-hydrogen) atoms. The summed E-state index contributed by atoms with van der Waals surface area (Å²) in [4.78, 5) is 0. The number of hydrogen-bond acceptors (Lipinski definition) is 0. The van der Waals surface area contributed by atoms with E-state index in [1.54, 1.807) is 7.06 Å². The van der Waals surface area contributed by atoms with E-state index in [0.717, 1.165) is 16.4 Å². The molecular formula is C2H5B3I2Rh. The van der Waals surface area contributed by atoms with Crippen LogP contribution in [0.25, 0.3) is 0 Å². The maximum atomic E-state index is 4.96. The second-order valence-corrected chi connectivity index (χ2v) is 13.5. The molecule has 0 aliphatic heterocycles. The standard InChI is InChI=1S/C2H5B3.2HI.Rh/c1-2-4-5-3;;;/h2H2,1H3;2*1H;/q;;;+2/p-2. The van der Waals surface area contributed by atoms with Crippen molar-refractivity contribution in [1.29, 1.82) is 0 Å². The monoisotopic (exact) mass is 419 g/mol. The Morgan fingerprint density at radius 1 is 1.62 bits per heavy atom. The first-order valence-corrected chi connectivity index (χ1v) is 11.8. The van der Waals surface area contributed by atoms with E-state index in [4.69, 9.17) is 7.74 Å². The molecule has 0 saturated heterocycles. The molecule has 0 aromatic carbocycles. The van der Waals surface area contributed by atoms with E-state index in [-0.39, 0.29) is 0 Å². The van der Waals surface area contributed by atoms with E-state index in [2.05, 4.69) is 39.5 Å². The topological polar surface area (TPSA) is 0 Å². The Morgan fingerprint density at radius 2 is 2.00 bits per heavy atom. The summed E-state index contributed by atoms with van der Waals surface area (Å²) >= 11 is 4.69. The zero-order chi connectivity index (χ0) is 6.83. The molecular weight excluding hydrogens is 413 g/mol. The van der Waals surface area contributed by atoms with Gasteiger partial charge >= 0.3 is 49.6 Å². The van der Waals surface area contributed by atoms with Crippen molar-refractivity contribution in [3.05, 3.63) is 0 Å². The first-order chi connectivity index (χ1) is 3.83. The third-order valence-corrected chi connectivity index (χ3v) is 0.372. The average molecular weight is 418 g/mol. The number of rotatable bonds is 2. The van der Waals surface area contributed by atoms with Gasteiger partial charge < -0.3 is 0 Å². The minimum atomic E-state index is 0.770. The van der Waals surface area contributed by atoms with Gasteiger partial charge in [0.15, 0.2) is 0 Å². The van der Waals surface area contributed by atoms with Crippen LogP contribution in [0.1, 0.15) is 6.92 Å². The number of hydrogen-bond donors (Lipinski definition) is 0. The molecule has 0 amide bonds. The molecule has 0 fully saturated rings. The van der Waals surface area contributed by atoms with Crippen LogP contribution in [0.2, 0.25) is 6.32 Å². The van der Waals surface area contributed by atoms with E-state index in [0.29, 0.717) is 0 Å². The van der Waals surface area contributed by atoms with E-state index >= 15 is 0 Å². The van der Waals surface area contributed by atoms with Crippen molar-refractivity contribution in [2.45, 2.75) is 13.2 Å². The fraction of sp³-hybridized carbons (Fsp3) is 1.00. The van der Waals surface area contributed by atoms with Crippen molar-refractivity contribution < 1.29 is 10.1 Å². The van der Waals surface area contributed by atoms with Gasteiger partial charge in [-0.05, 0) is 0 Å². The van der Waals surface area contributed by atoms with Gasteiger partial charge in [-0.15, -0.1) is 0 Å². The third kappa shape index (κ3) is 24.0. The predicted octanol–water partition coefficient (Wildman–Crippen LogP) is 1.60. The van der Waals surface area contributed by atoms with Crippen LogP contribution < -0.4 is 0 Å². The first-order valence-electron chi connectivity index (χ1n) is 2.03. The molecule has 0 aromatic rings. The molecule has 0 aliphatic rings. The van der Waals surface area contributed by atoms with E-state index in [1.165, 1.54) is 0 Å². The van der Waals surface area contributed by atoms with Crippen LogP contribution in [0.3, 0.4) is 0 Å². The van der Waals surface area contributed by atoms with Gasteiger partial charge in [-0.3, -0.25) is 0 Å². The van der Waals surface area contributed by atoms with Crippen molar-refractivity contribution in [2.24, 2.45) is 0 Å². The summed E-state index contributed by atoms with van der Waals surface area (Å²) in [6, 6.07) is 0. The van der Waals surface area contributed by atoms with Gasteiger partial charge in [-0.2, -0.15) is 0 Å². The normalized spacial score (nSPS) is 6.88. The van der Waals surface area contributed by atoms with Crippen molar-refractivity contribution in [1.82, 2.24) is 0 Å². The molecule has 0 atom stereocenters. The Balaban J connectivity index is 0. The summed E-state index contributed by atoms with van der Waals surface area (Å²) in [6.07, 6.45) is 1.04. The molecule has 0 saturated carbocycles. The van der Waals surface area contributed by atoms with Crippen molar-refractivity contribution in [3.63, 3.8) is 0 Å². The Kier molecular flexibility index (Phi) is 26.0. The van der Waals surface area contributed by atoms with E-state index in [1.807, 2.05) is 14.1 Å². The molecule has 0 spiro atoms. The zero-order valence-corrected chi connectivity index (χ0v) is 10.5. The van der Waals surface area contributed by atoms with Crippen LogP contribution in [0, 0.1) is 0 Å². The van der Waals surface area contributed by atoms with Crippen LogP contribution in [-0.2, 0) is 10.1 Å². The van der Waals surface area contributed by atoms with Crippen LogP contribution in [0.15, 0.2) is 0 Å². The summed E-state index contributed by atoms with van der Waals surface area (Å²) in [7, 11) is 9.19. The fourth-order valence-electron chi connectivity index (χ4n) is 0.136. The number of halogens is 2.